The number of hydrogen-bond acceptors (Lipinski definition) is 5. The summed E-state index contributed by atoms with van der Waals surface area (Å²) in [5.41, 5.74) is 3.04. The Balaban J connectivity index is 1.48. The predicted molar refractivity (Wildman–Crippen MR) is 110 cm³/mol. The number of para-hydroxylation sites is 1. The number of ether oxygens (including phenoxy) is 2. The van der Waals surface area contributed by atoms with Crippen LogP contribution in [-0.2, 0) is 0 Å². The Bertz CT molecular complexity index is 913. The van der Waals surface area contributed by atoms with Crippen LogP contribution in [0, 0.1) is 6.07 Å². The Morgan fingerprint density at radius 3 is 2.82 bits per heavy atom. The molecule has 147 valence electrons. The van der Waals surface area contributed by atoms with Gasteiger partial charge in [0.2, 0.25) is 0 Å². The van der Waals surface area contributed by atoms with Crippen LogP contribution in [0.15, 0.2) is 40.9 Å². The minimum Gasteiger partial charge on any atom is -0.491 e. The van der Waals surface area contributed by atoms with Gasteiger partial charge in [0.25, 0.3) is 0 Å². The van der Waals surface area contributed by atoms with Gasteiger partial charge >= 0.3 is 0 Å². The highest BCUT2D eigenvalue weighted by molar-refractivity contribution is 5.79. The monoisotopic (exact) mass is 379 g/mol. The van der Waals surface area contributed by atoms with Crippen molar-refractivity contribution in [2.24, 2.45) is 0 Å². The van der Waals surface area contributed by atoms with Crippen LogP contribution in [0.3, 0.4) is 0 Å². The summed E-state index contributed by atoms with van der Waals surface area (Å²) in [4.78, 5) is 2.37. The Morgan fingerprint density at radius 1 is 1.21 bits per heavy atom. The Kier molecular flexibility index (Phi) is 5.70. The van der Waals surface area contributed by atoms with Crippen molar-refractivity contribution in [3.05, 3.63) is 48.2 Å². The van der Waals surface area contributed by atoms with Crippen LogP contribution < -0.4 is 14.4 Å². The molecule has 0 unspecified atom stereocenters. The summed E-state index contributed by atoms with van der Waals surface area (Å²) < 4.78 is 17.1. The van der Waals surface area contributed by atoms with E-state index in [4.69, 9.17) is 14.0 Å². The van der Waals surface area contributed by atoms with Gasteiger partial charge in [-0.2, -0.15) is 0 Å². The Morgan fingerprint density at radius 2 is 2.04 bits per heavy atom. The van der Waals surface area contributed by atoms with E-state index >= 15 is 0 Å². The third kappa shape index (κ3) is 3.66. The van der Waals surface area contributed by atoms with Gasteiger partial charge < -0.3 is 18.9 Å². The van der Waals surface area contributed by atoms with Crippen LogP contribution in [0.2, 0.25) is 0 Å². The van der Waals surface area contributed by atoms with E-state index in [0.717, 1.165) is 66.9 Å². The van der Waals surface area contributed by atoms with E-state index in [1.807, 2.05) is 24.3 Å². The largest absolute Gasteiger partial charge is 0.491 e. The number of nitrogens with zero attached hydrogens (tertiary/aromatic N) is 2. The number of rotatable bonds is 7. The van der Waals surface area contributed by atoms with E-state index in [-0.39, 0.29) is 0 Å². The lowest BCUT2D eigenvalue weighted by Gasteiger charge is -2.34. The van der Waals surface area contributed by atoms with Gasteiger partial charge in [-0.3, -0.25) is 0 Å². The van der Waals surface area contributed by atoms with Crippen LogP contribution in [0.5, 0.6) is 11.5 Å². The molecule has 0 saturated carbocycles. The number of hydrogen-bond donors (Lipinski definition) is 0. The van der Waals surface area contributed by atoms with E-state index in [1.165, 1.54) is 0 Å². The summed E-state index contributed by atoms with van der Waals surface area (Å²) in [7, 11) is 1.70. The first-order chi connectivity index (χ1) is 13.8. The minimum absolute atomic E-state index is 0.418. The molecule has 4 rings (SSSR count). The molecule has 0 spiro atoms. The normalized spacial score (nSPS) is 15.1. The first-order valence-corrected chi connectivity index (χ1v) is 10.1. The van der Waals surface area contributed by atoms with Crippen molar-refractivity contribution in [1.29, 1.82) is 0 Å². The van der Waals surface area contributed by atoms with E-state index in [0.29, 0.717) is 18.3 Å². The van der Waals surface area contributed by atoms with E-state index in [1.54, 1.807) is 7.11 Å². The van der Waals surface area contributed by atoms with Gasteiger partial charge in [-0.25, -0.2) is 0 Å². The number of methoxy groups -OCH3 is 1. The average molecular weight is 379 g/mol. The lowest BCUT2D eigenvalue weighted by atomic mass is 9.91. The molecule has 2 aromatic carbocycles. The molecule has 5 heteroatoms. The van der Waals surface area contributed by atoms with Crippen LogP contribution in [-0.4, -0.2) is 32.0 Å². The van der Waals surface area contributed by atoms with E-state index in [9.17, 15) is 0 Å². The second-order valence-electron chi connectivity index (χ2n) is 7.25. The van der Waals surface area contributed by atoms with Crippen molar-refractivity contribution in [1.82, 2.24) is 5.16 Å². The first-order valence-electron chi connectivity index (χ1n) is 10.1. The van der Waals surface area contributed by atoms with Crippen molar-refractivity contribution in [3.63, 3.8) is 0 Å². The highest BCUT2D eigenvalue weighted by Crippen LogP contribution is 2.40. The fourth-order valence-corrected chi connectivity index (χ4v) is 3.92. The SMILES string of the molecule is CCCCOc1[c]ccc(N2CCC(c3noc4ccccc34)CC2)c1OC. The molecule has 0 atom stereocenters. The van der Waals surface area contributed by atoms with Gasteiger partial charge in [-0.05, 0) is 43.5 Å². The third-order valence-electron chi connectivity index (χ3n) is 5.47. The number of fused-ring (bicyclic) bond motifs is 1. The van der Waals surface area contributed by atoms with Crippen LogP contribution >= 0.6 is 0 Å². The zero-order chi connectivity index (χ0) is 19.3. The van der Waals surface area contributed by atoms with Gasteiger partial charge in [-0.1, -0.05) is 30.6 Å². The highest BCUT2D eigenvalue weighted by Gasteiger charge is 2.27. The number of aromatic nitrogens is 1. The molecule has 0 N–H and O–H groups in total. The fraction of sp³-hybridized carbons (Fsp3) is 0.435. The topological polar surface area (TPSA) is 47.7 Å². The molecule has 0 amide bonds. The van der Waals surface area contributed by atoms with Crippen LogP contribution in [0.4, 0.5) is 5.69 Å². The maximum Gasteiger partial charge on any atom is 0.184 e. The molecule has 1 aromatic heterocycles. The molecule has 3 aromatic rings. The molecule has 28 heavy (non-hydrogen) atoms. The van der Waals surface area contributed by atoms with Gasteiger partial charge in [0, 0.05) is 30.5 Å². The summed E-state index contributed by atoms with van der Waals surface area (Å²) in [6, 6.07) is 15.3. The van der Waals surface area contributed by atoms with Crippen molar-refractivity contribution in [2.75, 3.05) is 31.7 Å². The van der Waals surface area contributed by atoms with Gasteiger partial charge in [0.15, 0.2) is 17.1 Å². The second kappa shape index (κ2) is 8.55. The molecule has 1 radical (unpaired) electrons. The second-order valence-corrected chi connectivity index (χ2v) is 7.25. The highest BCUT2D eigenvalue weighted by atomic mass is 16.5. The van der Waals surface area contributed by atoms with Crippen molar-refractivity contribution < 1.29 is 14.0 Å². The molecule has 5 nitrogen and oxygen atoms in total. The Hall–Kier alpha value is -2.69. The summed E-state index contributed by atoms with van der Waals surface area (Å²) in [5, 5.41) is 5.50. The summed E-state index contributed by atoms with van der Waals surface area (Å²) >= 11 is 0. The molecule has 1 fully saturated rings. The molecule has 0 aliphatic carbocycles. The zero-order valence-electron chi connectivity index (χ0n) is 16.6. The molecule has 2 heterocycles. The van der Waals surface area contributed by atoms with E-state index in [2.05, 4.69) is 35.2 Å². The van der Waals surface area contributed by atoms with Crippen LogP contribution in [0.25, 0.3) is 11.0 Å². The lowest BCUT2D eigenvalue weighted by Crippen LogP contribution is -2.33. The quantitative estimate of drug-likeness (QED) is 0.528. The van der Waals surface area contributed by atoms with Gasteiger partial charge in [0.05, 0.1) is 25.1 Å². The van der Waals surface area contributed by atoms with Gasteiger partial charge in [0.1, 0.15) is 0 Å². The molecule has 1 saturated heterocycles. The van der Waals surface area contributed by atoms with Crippen molar-refractivity contribution in [2.45, 2.75) is 38.5 Å². The standard InChI is InChI=1S/C23H27N2O3/c1-3-4-16-27-21-11-7-9-19(23(21)26-2)25-14-12-17(13-15-25)22-18-8-5-6-10-20(18)28-24-22/h5-10,17H,3-4,12-16H2,1-2H3. The first kappa shape index (κ1) is 18.7. The maximum absolute atomic E-state index is 5.90. The number of anilines is 1. The minimum atomic E-state index is 0.418. The number of piperidine rings is 1. The maximum atomic E-state index is 5.90. The number of benzene rings is 2. The molecule has 1 aliphatic rings. The van der Waals surface area contributed by atoms with Gasteiger partial charge in [-0.15, -0.1) is 0 Å². The summed E-state index contributed by atoms with van der Waals surface area (Å²) in [6.45, 7) is 4.73. The van der Waals surface area contributed by atoms with Crippen LogP contribution in [0.1, 0.15) is 44.2 Å². The fourth-order valence-electron chi connectivity index (χ4n) is 3.92. The average Bonchev–Trinajstić information content (AvgIpc) is 3.18. The smallest absolute Gasteiger partial charge is 0.184 e. The molecule has 0 bridgehead atoms. The lowest BCUT2D eigenvalue weighted by molar-refractivity contribution is 0.287. The summed E-state index contributed by atoms with van der Waals surface area (Å²) in [6.07, 6.45) is 4.19. The molecular weight excluding hydrogens is 352 g/mol. The summed E-state index contributed by atoms with van der Waals surface area (Å²) in [5.74, 6) is 1.91. The Labute approximate surface area is 166 Å². The predicted octanol–water partition coefficient (Wildman–Crippen LogP) is 5.20. The van der Waals surface area contributed by atoms with Crippen molar-refractivity contribution in [3.8, 4) is 11.5 Å². The molecule has 1 aliphatic heterocycles. The van der Waals surface area contributed by atoms with Crippen molar-refractivity contribution >= 4 is 16.7 Å². The molecular formula is C23H27N2O3. The third-order valence-corrected chi connectivity index (χ3v) is 5.47. The zero-order valence-corrected chi connectivity index (χ0v) is 16.6. The number of unbranched alkanes of at least 4 members (excludes halogenated alkanes) is 1. The van der Waals surface area contributed by atoms with E-state index < -0.39 is 0 Å².